The van der Waals surface area contributed by atoms with Crippen molar-refractivity contribution in [3.63, 3.8) is 0 Å². The molecule has 2 aliphatic carbocycles. The molecule has 0 unspecified atom stereocenters. The topological polar surface area (TPSA) is 59.8 Å². The highest BCUT2D eigenvalue weighted by Crippen LogP contribution is 2.36. The second-order valence-electron chi connectivity index (χ2n) is 8.01. The van der Waals surface area contributed by atoms with Crippen LogP contribution >= 0.6 is 0 Å². The molecule has 0 bridgehead atoms. The number of hydrogen-bond donors (Lipinski definition) is 1. The third-order valence-electron chi connectivity index (χ3n) is 5.70. The molecule has 1 aromatic carbocycles. The van der Waals surface area contributed by atoms with Crippen LogP contribution in [-0.2, 0) is 0 Å². The number of carbonyl (C=O) groups excluding carboxylic acids is 1. The third-order valence-corrected chi connectivity index (χ3v) is 5.70. The molecular formula is C23H24N4O. The lowest BCUT2D eigenvalue weighted by Crippen LogP contribution is -2.25. The van der Waals surface area contributed by atoms with E-state index in [9.17, 15) is 4.79 Å². The summed E-state index contributed by atoms with van der Waals surface area (Å²) in [6, 6.07) is 13.0. The molecular weight excluding hydrogens is 348 g/mol. The molecule has 2 fully saturated rings. The van der Waals surface area contributed by atoms with Gasteiger partial charge in [-0.05, 0) is 74.9 Å². The van der Waals surface area contributed by atoms with Gasteiger partial charge in [0, 0.05) is 35.1 Å². The van der Waals surface area contributed by atoms with Crippen molar-refractivity contribution in [1.29, 1.82) is 0 Å². The Bertz CT molecular complexity index is 1010. The van der Waals surface area contributed by atoms with Crippen LogP contribution in [0.2, 0.25) is 0 Å². The van der Waals surface area contributed by atoms with E-state index < -0.39 is 0 Å². The number of nitrogens with zero attached hydrogens (tertiary/aromatic N) is 3. The Balaban J connectivity index is 1.59. The maximum atomic E-state index is 12.8. The number of amides is 1. The summed E-state index contributed by atoms with van der Waals surface area (Å²) >= 11 is 0. The number of hydrogen-bond acceptors (Lipinski definition) is 3. The molecule has 2 heterocycles. The number of rotatable bonds is 5. The van der Waals surface area contributed by atoms with Gasteiger partial charge in [-0.3, -0.25) is 14.5 Å². The zero-order valence-electron chi connectivity index (χ0n) is 16.1. The summed E-state index contributed by atoms with van der Waals surface area (Å²) in [5, 5.41) is 7.67. The number of pyridine rings is 1. The van der Waals surface area contributed by atoms with E-state index in [1.165, 1.54) is 19.3 Å². The summed E-state index contributed by atoms with van der Waals surface area (Å²) < 4.78 is 2.12. The summed E-state index contributed by atoms with van der Waals surface area (Å²) in [6.07, 6.45) is 9.47. The Kier molecular flexibility index (Phi) is 4.23. The lowest BCUT2D eigenvalue weighted by molar-refractivity contribution is 0.0951. The first-order valence-corrected chi connectivity index (χ1v) is 10.1. The Morgan fingerprint density at radius 1 is 1.07 bits per heavy atom. The smallest absolute Gasteiger partial charge is 0.251 e. The molecule has 0 radical (unpaired) electrons. The molecule has 5 nitrogen and oxygen atoms in total. The molecule has 3 aromatic rings. The number of aryl methyl sites for hydroxylation is 1. The second kappa shape index (κ2) is 6.89. The molecule has 2 aromatic heterocycles. The second-order valence-corrected chi connectivity index (χ2v) is 8.01. The largest absolute Gasteiger partial charge is 0.349 e. The van der Waals surface area contributed by atoms with Gasteiger partial charge in [-0.15, -0.1) is 0 Å². The minimum Gasteiger partial charge on any atom is -0.349 e. The SMILES string of the molecule is Cc1ccc(-c2cc(C(=O)NC3CC3)cc(-c3ccnn3C3CCC3)c2)nc1. The van der Waals surface area contributed by atoms with Crippen LogP contribution in [0.3, 0.4) is 0 Å². The molecule has 0 saturated heterocycles. The fourth-order valence-electron chi connectivity index (χ4n) is 3.65. The summed E-state index contributed by atoms with van der Waals surface area (Å²) in [5.41, 5.74) is 5.73. The van der Waals surface area contributed by atoms with Crippen molar-refractivity contribution >= 4 is 5.91 Å². The average molecular weight is 372 g/mol. The monoisotopic (exact) mass is 372 g/mol. The zero-order valence-corrected chi connectivity index (χ0v) is 16.1. The molecule has 28 heavy (non-hydrogen) atoms. The van der Waals surface area contributed by atoms with Crippen LogP contribution < -0.4 is 5.32 Å². The van der Waals surface area contributed by atoms with E-state index in [1.807, 2.05) is 43.6 Å². The highest BCUT2D eigenvalue weighted by Gasteiger charge is 2.26. The Morgan fingerprint density at radius 3 is 2.57 bits per heavy atom. The molecule has 0 atom stereocenters. The summed E-state index contributed by atoms with van der Waals surface area (Å²) in [7, 11) is 0. The lowest BCUT2D eigenvalue weighted by Gasteiger charge is -2.27. The molecule has 2 aliphatic rings. The van der Waals surface area contributed by atoms with E-state index in [2.05, 4.69) is 32.2 Å². The van der Waals surface area contributed by atoms with Gasteiger partial charge in [0.25, 0.3) is 5.91 Å². The molecule has 1 amide bonds. The van der Waals surface area contributed by atoms with Gasteiger partial charge >= 0.3 is 0 Å². The standard InChI is InChI=1S/C23H24N4O/c1-15-5-8-21(24-14-15)16-11-17(13-18(12-16)23(28)26-19-6-7-19)22-9-10-25-27(22)20-3-2-4-20/h5,8-14,19-20H,2-4,6-7H2,1H3,(H,26,28). The number of aromatic nitrogens is 3. The first-order valence-electron chi connectivity index (χ1n) is 10.1. The predicted octanol–water partition coefficient (Wildman–Crippen LogP) is 4.54. The van der Waals surface area contributed by atoms with Gasteiger partial charge in [-0.1, -0.05) is 6.07 Å². The predicted molar refractivity (Wildman–Crippen MR) is 109 cm³/mol. The normalized spacial score (nSPS) is 16.6. The quantitative estimate of drug-likeness (QED) is 0.715. The van der Waals surface area contributed by atoms with Gasteiger partial charge in [0.15, 0.2) is 0 Å². The first kappa shape index (κ1) is 17.2. The van der Waals surface area contributed by atoms with Gasteiger partial charge in [-0.25, -0.2) is 0 Å². The van der Waals surface area contributed by atoms with Crippen molar-refractivity contribution in [3.05, 3.63) is 59.9 Å². The van der Waals surface area contributed by atoms with Crippen LogP contribution in [0.25, 0.3) is 22.5 Å². The molecule has 142 valence electrons. The van der Waals surface area contributed by atoms with Crippen molar-refractivity contribution < 1.29 is 4.79 Å². The third kappa shape index (κ3) is 3.33. The molecule has 5 rings (SSSR count). The van der Waals surface area contributed by atoms with Crippen molar-refractivity contribution in [3.8, 4) is 22.5 Å². The maximum Gasteiger partial charge on any atom is 0.251 e. The van der Waals surface area contributed by atoms with Gasteiger partial charge in [0.1, 0.15) is 0 Å². The number of benzene rings is 1. The van der Waals surface area contributed by atoms with Gasteiger partial charge in [0.2, 0.25) is 0 Å². The van der Waals surface area contributed by atoms with E-state index in [0.29, 0.717) is 17.6 Å². The zero-order chi connectivity index (χ0) is 19.1. The number of nitrogens with one attached hydrogen (secondary N) is 1. The fraction of sp³-hybridized carbons (Fsp3) is 0.348. The van der Waals surface area contributed by atoms with Crippen LogP contribution in [0.4, 0.5) is 0 Å². The molecule has 0 aliphatic heterocycles. The maximum absolute atomic E-state index is 12.8. The average Bonchev–Trinajstić information content (AvgIpc) is 3.35. The van der Waals surface area contributed by atoms with Crippen molar-refractivity contribution in [2.45, 2.75) is 51.1 Å². The van der Waals surface area contributed by atoms with E-state index >= 15 is 0 Å². The molecule has 0 spiro atoms. The van der Waals surface area contributed by atoms with Crippen LogP contribution in [-0.4, -0.2) is 26.7 Å². The minimum absolute atomic E-state index is 0.00702. The van der Waals surface area contributed by atoms with E-state index in [4.69, 9.17) is 0 Å². The van der Waals surface area contributed by atoms with E-state index in [0.717, 1.165) is 40.9 Å². The fourth-order valence-corrected chi connectivity index (χ4v) is 3.65. The molecule has 5 heteroatoms. The Morgan fingerprint density at radius 2 is 1.89 bits per heavy atom. The summed E-state index contributed by atoms with van der Waals surface area (Å²) in [6.45, 7) is 2.03. The summed E-state index contributed by atoms with van der Waals surface area (Å²) in [4.78, 5) is 17.4. The van der Waals surface area contributed by atoms with Crippen molar-refractivity contribution in [2.75, 3.05) is 0 Å². The first-order chi connectivity index (χ1) is 13.7. The van der Waals surface area contributed by atoms with Crippen LogP contribution in [0.15, 0.2) is 48.8 Å². The molecule has 2 saturated carbocycles. The molecule has 1 N–H and O–H groups in total. The lowest BCUT2D eigenvalue weighted by atomic mass is 9.92. The number of carbonyl (C=O) groups is 1. The summed E-state index contributed by atoms with van der Waals surface area (Å²) in [5.74, 6) is -0.00702. The van der Waals surface area contributed by atoms with Crippen molar-refractivity contribution in [2.24, 2.45) is 0 Å². The highest BCUT2D eigenvalue weighted by atomic mass is 16.1. The van der Waals surface area contributed by atoms with E-state index in [1.54, 1.807) is 0 Å². The van der Waals surface area contributed by atoms with Gasteiger partial charge in [0.05, 0.1) is 17.4 Å². The Labute approximate surface area is 164 Å². The van der Waals surface area contributed by atoms with Crippen LogP contribution in [0, 0.1) is 6.92 Å². The highest BCUT2D eigenvalue weighted by molar-refractivity contribution is 5.97. The van der Waals surface area contributed by atoms with Gasteiger partial charge in [-0.2, -0.15) is 5.10 Å². The van der Waals surface area contributed by atoms with Crippen molar-refractivity contribution in [1.82, 2.24) is 20.1 Å². The minimum atomic E-state index is -0.00702. The Hall–Kier alpha value is -2.95. The van der Waals surface area contributed by atoms with E-state index in [-0.39, 0.29) is 5.91 Å². The van der Waals surface area contributed by atoms with Crippen LogP contribution in [0.5, 0.6) is 0 Å². The van der Waals surface area contributed by atoms with Gasteiger partial charge < -0.3 is 5.32 Å². The van der Waals surface area contributed by atoms with Crippen LogP contribution in [0.1, 0.15) is 54.1 Å².